The van der Waals surface area contributed by atoms with Crippen LogP contribution in [0.25, 0.3) is 22.3 Å². The third-order valence-corrected chi connectivity index (χ3v) is 3.86. The molecule has 106 valence electrons. The predicted octanol–water partition coefficient (Wildman–Crippen LogP) is 4.72. The lowest BCUT2D eigenvalue weighted by Crippen LogP contribution is -2.01. The fourth-order valence-corrected chi connectivity index (χ4v) is 2.56. The molecular formula is C15H7BrClFO3. The van der Waals surface area contributed by atoms with Gasteiger partial charge in [-0.1, -0.05) is 27.5 Å². The van der Waals surface area contributed by atoms with Crippen LogP contribution in [0.1, 0.15) is 0 Å². The molecule has 6 heteroatoms. The van der Waals surface area contributed by atoms with Crippen LogP contribution in [0.3, 0.4) is 0 Å². The van der Waals surface area contributed by atoms with Crippen molar-refractivity contribution in [1.82, 2.24) is 0 Å². The Labute approximate surface area is 131 Å². The van der Waals surface area contributed by atoms with Gasteiger partial charge < -0.3 is 9.52 Å². The van der Waals surface area contributed by atoms with Gasteiger partial charge >= 0.3 is 0 Å². The molecule has 0 atom stereocenters. The maximum absolute atomic E-state index is 13.5. The molecule has 0 aliphatic heterocycles. The van der Waals surface area contributed by atoms with Crippen molar-refractivity contribution in [2.45, 2.75) is 0 Å². The summed E-state index contributed by atoms with van der Waals surface area (Å²) in [5, 5.41) is 9.85. The minimum absolute atomic E-state index is 0.0403. The van der Waals surface area contributed by atoms with E-state index in [-0.39, 0.29) is 32.9 Å². The fraction of sp³-hybridized carbons (Fsp3) is 0. The van der Waals surface area contributed by atoms with Crippen molar-refractivity contribution in [3.63, 3.8) is 0 Å². The molecule has 3 rings (SSSR count). The van der Waals surface area contributed by atoms with Crippen LogP contribution in [-0.2, 0) is 0 Å². The highest BCUT2D eigenvalue weighted by molar-refractivity contribution is 9.10. The topological polar surface area (TPSA) is 50.4 Å². The standard InChI is InChI=1S/C15H7BrClFO3/c16-7-1-2-8(11(19)5-7)13-6-12(20)9-3-4-10(18)14(17)15(9)21-13/h1-6,19H. The summed E-state index contributed by atoms with van der Waals surface area (Å²) in [5.41, 5.74) is -0.0884. The lowest BCUT2D eigenvalue weighted by atomic mass is 10.1. The van der Waals surface area contributed by atoms with Gasteiger partial charge in [-0.2, -0.15) is 0 Å². The van der Waals surface area contributed by atoms with E-state index in [1.807, 2.05) is 0 Å². The van der Waals surface area contributed by atoms with Gasteiger partial charge in [-0.05, 0) is 30.3 Å². The second-order valence-electron chi connectivity index (χ2n) is 4.37. The Kier molecular flexibility index (Phi) is 3.47. The first-order valence-corrected chi connectivity index (χ1v) is 7.05. The van der Waals surface area contributed by atoms with Gasteiger partial charge in [0.1, 0.15) is 22.3 Å². The van der Waals surface area contributed by atoms with Crippen molar-refractivity contribution in [3.8, 4) is 17.1 Å². The normalized spacial score (nSPS) is 11.0. The van der Waals surface area contributed by atoms with E-state index < -0.39 is 5.82 Å². The number of phenolic OH excluding ortho intramolecular Hbond substituents is 1. The van der Waals surface area contributed by atoms with E-state index in [2.05, 4.69) is 15.9 Å². The number of fused-ring (bicyclic) bond motifs is 1. The SMILES string of the molecule is O=c1cc(-c2ccc(Br)cc2O)oc2c(Cl)c(F)ccc12. The Morgan fingerprint density at radius 2 is 1.95 bits per heavy atom. The van der Waals surface area contributed by atoms with Crippen LogP contribution < -0.4 is 5.43 Å². The van der Waals surface area contributed by atoms with Crippen molar-refractivity contribution in [1.29, 1.82) is 0 Å². The minimum Gasteiger partial charge on any atom is -0.507 e. The average molecular weight is 370 g/mol. The van der Waals surface area contributed by atoms with Crippen molar-refractivity contribution < 1.29 is 13.9 Å². The summed E-state index contributed by atoms with van der Waals surface area (Å²) < 4.78 is 19.7. The first-order chi connectivity index (χ1) is 9.97. The van der Waals surface area contributed by atoms with Crippen LogP contribution in [0, 0.1) is 5.82 Å². The van der Waals surface area contributed by atoms with E-state index in [4.69, 9.17) is 16.0 Å². The summed E-state index contributed by atoms with van der Waals surface area (Å²) in [4.78, 5) is 12.1. The van der Waals surface area contributed by atoms with Crippen LogP contribution in [0.5, 0.6) is 5.75 Å². The first-order valence-electron chi connectivity index (χ1n) is 5.88. The fourth-order valence-electron chi connectivity index (χ4n) is 2.01. The van der Waals surface area contributed by atoms with Gasteiger partial charge in [-0.3, -0.25) is 4.79 Å². The number of rotatable bonds is 1. The Hall–Kier alpha value is -1.85. The molecule has 0 fully saturated rings. The molecule has 1 heterocycles. The number of phenols is 1. The summed E-state index contributed by atoms with van der Waals surface area (Å²) in [7, 11) is 0. The van der Waals surface area contributed by atoms with Gasteiger partial charge in [0.05, 0.1) is 10.9 Å². The highest BCUT2D eigenvalue weighted by atomic mass is 79.9. The number of hydrogen-bond donors (Lipinski definition) is 1. The van der Waals surface area contributed by atoms with Gasteiger partial charge in [-0.25, -0.2) is 4.39 Å². The molecule has 0 radical (unpaired) electrons. The van der Waals surface area contributed by atoms with Crippen molar-refractivity contribution in [2.75, 3.05) is 0 Å². The zero-order chi connectivity index (χ0) is 15.1. The smallest absolute Gasteiger partial charge is 0.193 e. The second kappa shape index (κ2) is 5.16. The summed E-state index contributed by atoms with van der Waals surface area (Å²) in [6.07, 6.45) is 0. The van der Waals surface area contributed by atoms with Gasteiger partial charge in [0.2, 0.25) is 0 Å². The zero-order valence-corrected chi connectivity index (χ0v) is 12.7. The number of benzene rings is 2. The highest BCUT2D eigenvalue weighted by Gasteiger charge is 2.14. The average Bonchev–Trinajstić information content (AvgIpc) is 2.43. The van der Waals surface area contributed by atoms with Crippen molar-refractivity contribution in [3.05, 3.63) is 61.9 Å². The molecule has 1 N–H and O–H groups in total. The van der Waals surface area contributed by atoms with Gasteiger partial charge in [-0.15, -0.1) is 0 Å². The molecule has 2 aromatic carbocycles. The molecule has 3 aromatic rings. The molecular weight excluding hydrogens is 363 g/mol. The number of hydrogen-bond acceptors (Lipinski definition) is 3. The van der Waals surface area contributed by atoms with Crippen LogP contribution in [0.2, 0.25) is 5.02 Å². The Balaban J connectivity index is 2.34. The van der Waals surface area contributed by atoms with Crippen LogP contribution in [0.4, 0.5) is 4.39 Å². The quantitative estimate of drug-likeness (QED) is 0.675. The van der Waals surface area contributed by atoms with Gasteiger partial charge in [0.25, 0.3) is 0 Å². The lowest BCUT2D eigenvalue weighted by molar-refractivity contribution is 0.474. The van der Waals surface area contributed by atoms with E-state index in [9.17, 15) is 14.3 Å². The predicted molar refractivity (Wildman–Crippen MR) is 82.3 cm³/mol. The van der Waals surface area contributed by atoms with E-state index in [0.717, 1.165) is 6.07 Å². The van der Waals surface area contributed by atoms with Gasteiger partial charge in [0, 0.05) is 10.5 Å². The van der Waals surface area contributed by atoms with Crippen LogP contribution in [-0.4, -0.2) is 5.11 Å². The molecule has 0 saturated carbocycles. The number of halogens is 3. The lowest BCUT2D eigenvalue weighted by Gasteiger charge is -2.07. The van der Waals surface area contributed by atoms with Crippen molar-refractivity contribution in [2.24, 2.45) is 0 Å². The Morgan fingerprint density at radius 3 is 2.67 bits per heavy atom. The maximum Gasteiger partial charge on any atom is 0.193 e. The largest absolute Gasteiger partial charge is 0.507 e. The number of aromatic hydroxyl groups is 1. The van der Waals surface area contributed by atoms with Crippen LogP contribution in [0.15, 0.2) is 50.1 Å². The summed E-state index contributed by atoms with van der Waals surface area (Å²) >= 11 is 9.07. The molecule has 21 heavy (non-hydrogen) atoms. The van der Waals surface area contributed by atoms with Crippen molar-refractivity contribution >= 4 is 38.5 Å². The third kappa shape index (κ3) is 2.43. The molecule has 0 unspecified atom stereocenters. The highest BCUT2D eigenvalue weighted by Crippen LogP contribution is 2.34. The summed E-state index contributed by atoms with van der Waals surface area (Å²) in [6.45, 7) is 0. The monoisotopic (exact) mass is 368 g/mol. The second-order valence-corrected chi connectivity index (χ2v) is 5.67. The molecule has 1 aromatic heterocycles. The molecule has 0 spiro atoms. The maximum atomic E-state index is 13.5. The van der Waals surface area contributed by atoms with E-state index >= 15 is 0 Å². The minimum atomic E-state index is -0.676. The van der Waals surface area contributed by atoms with E-state index in [0.29, 0.717) is 10.0 Å². The molecule has 0 aliphatic rings. The Morgan fingerprint density at radius 1 is 1.19 bits per heavy atom. The molecule has 0 saturated heterocycles. The van der Waals surface area contributed by atoms with E-state index in [1.165, 1.54) is 18.2 Å². The molecule has 0 aliphatic carbocycles. The third-order valence-electron chi connectivity index (χ3n) is 3.01. The summed E-state index contributed by atoms with van der Waals surface area (Å²) in [5.74, 6) is -0.631. The molecule has 0 bridgehead atoms. The van der Waals surface area contributed by atoms with E-state index in [1.54, 1.807) is 12.1 Å². The first kappa shape index (κ1) is 14.1. The molecule has 0 amide bonds. The summed E-state index contributed by atoms with van der Waals surface area (Å²) in [6, 6.07) is 8.39. The zero-order valence-electron chi connectivity index (χ0n) is 10.4. The Bertz CT molecular complexity index is 921. The van der Waals surface area contributed by atoms with Crippen LogP contribution >= 0.6 is 27.5 Å². The van der Waals surface area contributed by atoms with Gasteiger partial charge in [0.15, 0.2) is 11.0 Å². The molecule has 3 nitrogen and oxygen atoms in total.